The number of anilines is 1. The second-order valence-corrected chi connectivity index (χ2v) is 6.73. The molecule has 0 spiro atoms. The van der Waals surface area contributed by atoms with Crippen molar-refractivity contribution in [1.29, 1.82) is 5.26 Å². The maximum absolute atomic E-state index is 12.3. The van der Waals surface area contributed by atoms with Crippen LogP contribution in [0, 0.1) is 18.3 Å². The summed E-state index contributed by atoms with van der Waals surface area (Å²) < 4.78 is 11.3. The molecule has 8 heteroatoms. The van der Waals surface area contributed by atoms with Crippen LogP contribution in [0.3, 0.4) is 0 Å². The van der Waals surface area contributed by atoms with E-state index < -0.39 is 5.92 Å². The van der Waals surface area contributed by atoms with Crippen molar-refractivity contribution in [1.82, 2.24) is 10.2 Å². The normalized spacial score (nSPS) is 15.0. The summed E-state index contributed by atoms with van der Waals surface area (Å²) in [6.45, 7) is 1.66. The van der Waals surface area contributed by atoms with E-state index in [9.17, 15) is 10.1 Å². The number of allylic oxidation sites excluding steroid dienone is 1. The molecule has 1 amide bonds. The molecule has 3 aromatic rings. The summed E-state index contributed by atoms with van der Waals surface area (Å²) in [5.74, 6) is -0.0203. The molecule has 0 saturated carbocycles. The summed E-state index contributed by atoms with van der Waals surface area (Å²) >= 11 is 0. The predicted octanol–water partition coefficient (Wildman–Crippen LogP) is 2.95. The van der Waals surface area contributed by atoms with Crippen molar-refractivity contribution < 1.29 is 14.3 Å². The minimum atomic E-state index is -0.522. The number of rotatable bonds is 5. The smallest absolute Gasteiger partial charge is 0.262 e. The van der Waals surface area contributed by atoms with Gasteiger partial charge in [-0.2, -0.15) is 5.26 Å². The largest absolute Gasteiger partial charge is 0.483 e. The third kappa shape index (κ3) is 3.56. The van der Waals surface area contributed by atoms with E-state index in [4.69, 9.17) is 15.2 Å². The molecule has 1 atom stereocenters. The first-order valence-corrected chi connectivity index (χ1v) is 9.27. The molecule has 1 aliphatic rings. The van der Waals surface area contributed by atoms with Gasteiger partial charge < -0.3 is 20.5 Å². The number of benzene rings is 2. The van der Waals surface area contributed by atoms with Gasteiger partial charge in [0, 0.05) is 22.5 Å². The van der Waals surface area contributed by atoms with Crippen LogP contribution in [0.25, 0.3) is 0 Å². The number of carbonyl (C=O) groups is 1. The predicted molar refractivity (Wildman–Crippen MR) is 110 cm³/mol. The zero-order valence-corrected chi connectivity index (χ0v) is 16.2. The van der Waals surface area contributed by atoms with Crippen LogP contribution in [0.5, 0.6) is 11.6 Å². The van der Waals surface area contributed by atoms with Crippen LogP contribution >= 0.6 is 0 Å². The van der Waals surface area contributed by atoms with E-state index in [2.05, 4.69) is 21.6 Å². The Morgan fingerprint density at radius 2 is 2.00 bits per heavy atom. The fraction of sp³-hybridized carbons (Fsp3) is 0.136. The third-order valence-electron chi connectivity index (χ3n) is 4.78. The molecule has 4 rings (SSSR count). The number of ether oxygens (including phenoxy) is 2. The third-order valence-corrected chi connectivity index (χ3v) is 4.78. The molecule has 0 radical (unpaired) electrons. The number of hydrogen-bond acceptors (Lipinski definition) is 6. The highest BCUT2D eigenvalue weighted by molar-refractivity contribution is 5.91. The van der Waals surface area contributed by atoms with Crippen LogP contribution in [-0.4, -0.2) is 22.7 Å². The molecule has 1 unspecified atom stereocenters. The second-order valence-electron chi connectivity index (χ2n) is 6.73. The standard InChI is InChI=1S/C22H19N5O3/c1-13-19-20(16(11-23)21(24)30-22(19)27-26-13)15-9-5-6-10-17(15)29-12-18(28)25-14-7-3-2-4-8-14/h2-10,20H,12,24H2,1H3,(H,25,28)(H,26,27). The lowest BCUT2D eigenvalue weighted by atomic mass is 9.83. The van der Waals surface area contributed by atoms with E-state index in [-0.39, 0.29) is 24.0 Å². The van der Waals surface area contributed by atoms with Gasteiger partial charge in [-0.15, -0.1) is 5.10 Å². The number of carbonyl (C=O) groups excluding carboxylic acids is 1. The van der Waals surface area contributed by atoms with Gasteiger partial charge in [0.2, 0.25) is 11.8 Å². The molecule has 0 aliphatic carbocycles. The Balaban J connectivity index is 1.63. The molecule has 2 heterocycles. The number of aromatic nitrogens is 2. The van der Waals surface area contributed by atoms with Crippen molar-refractivity contribution in [3.63, 3.8) is 0 Å². The number of nitriles is 1. The lowest BCUT2D eigenvalue weighted by Gasteiger charge is -2.25. The van der Waals surface area contributed by atoms with Crippen LogP contribution in [0.4, 0.5) is 5.69 Å². The number of nitrogens with two attached hydrogens (primary N) is 1. The Morgan fingerprint density at radius 3 is 2.77 bits per heavy atom. The number of para-hydroxylation sites is 2. The Labute approximate surface area is 172 Å². The molecule has 0 bridgehead atoms. The SMILES string of the molecule is Cc1[nH]nc2c1C(c1ccccc1OCC(=O)Nc1ccccc1)C(C#N)=C(N)O2. The van der Waals surface area contributed by atoms with Crippen molar-refractivity contribution in [3.8, 4) is 17.7 Å². The highest BCUT2D eigenvalue weighted by Crippen LogP contribution is 2.45. The van der Waals surface area contributed by atoms with E-state index in [0.29, 0.717) is 28.4 Å². The zero-order chi connectivity index (χ0) is 21.1. The van der Waals surface area contributed by atoms with Crippen molar-refractivity contribution in [2.24, 2.45) is 5.73 Å². The number of nitrogens with zero attached hydrogens (tertiary/aromatic N) is 2. The first-order chi connectivity index (χ1) is 14.6. The lowest BCUT2D eigenvalue weighted by Crippen LogP contribution is -2.23. The average molecular weight is 401 g/mol. The van der Waals surface area contributed by atoms with Crippen molar-refractivity contribution in [2.75, 3.05) is 11.9 Å². The Bertz CT molecular complexity index is 1160. The molecule has 0 fully saturated rings. The fourth-order valence-electron chi connectivity index (χ4n) is 3.42. The van der Waals surface area contributed by atoms with Crippen LogP contribution in [0.1, 0.15) is 22.7 Å². The maximum Gasteiger partial charge on any atom is 0.262 e. The first kappa shape index (κ1) is 19.1. The molecular weight excluding hydrogens is 382 g/mol. The van der Waals surface area contributed by atoms with Gasteiger partial charge in [0.05, 0.1) is 5.92 Å². The van der Waals surface area contributed by atoms with Crippen LogP contribution in [0.2, 0.25) is 0 Å². The van der Waals surface area contributed by atoms with Gasteiger partial charge >= 0.3 is 0 Å². The molecule has 8 nitrogen and oxygen atoms in total. The van der Waals surface area contributed by atoms with Crippen LogP contribution < -0.4 is 20.5 Å². The Hall–Kier alpha value is -4.25. The molecule has 150 valence electrons. The van der Waals surface area contributed by atoms with Crippen molar-refractivity contribution in [3.05, 3.63) is 82.9 Å². The van der Waals surface area contributed by atoms with E-state index in [1.165, 1.54) is 0 Å². The summed E-state index contributed by atoms with van der Waals surface area (Å²) in [6, 6.07) is 18.5. The van der Waals surface area contributed by atoms with Gasteiger partial charge in [-0.25, -0.2) is 0 Å². The monoisotopic (exact) mass is 401 g/mol. The van der Waals surface area contributed by atoms with Crippen LogP contribution in [-0.2, 0) is 4.79 Å². The highest BCUT2D eigenvalue weighted by Gasteiger charge is 2.35. The van der Waals surface area contributed by atoms with Gasteiger partial charge in [0.1, 0.15) is 17.4 Å². The minimum absolute atomic E-state index is 0.00174. The van der Waals surface area contributed by atoms with Gasteiger partial charge in [-0.05, 0) is 25.1 Å². The Morgan fingerprint density at radius 1 is 1.27 bits per heavy atom. The Kier molecular flexibility index (Phi) is 5.09. The molecule has 1 aromatic heterocycles. The topological polar surface area (TPSA) is 126 Å². The minimum Gasteiger partial charge on any atom is -0.483 e. The number of hydrogen-bond donors (Lipinski definition) is 3. The van der Waals surface area contributed by atoms with E-state index in [1.807, 2.05) is 37.3 Å². The summed E-state index contributed by atoms with van der Waals surface area (Å²) in [4.78, 5) is 12.3. The number of nitrogens with one attached hydrogen (secondary N) is 2. The van der Waals surface area contributed by atoms with Crippen molar-refractivity contribution in [2.45, 2.75) is 12.8 Å². The zero-order valence-electron chi connectivity index (χ0n) is 16.2. The quantitative estimate of drug-likeness (QED) is 0.603. The van der Waals surface area contributed by atoms with Gasteiger partial charge in [0.15, 0.2) is 6.61 Å². The summed E-state index contributed by atoms with van der Waals surface area (Å²) in [6.07, 6.45) is 0. The summed E-state index contributed by atoms with van der Waals surface area (Å²) in [5, 5.41) is 19.5. The number of H-pyrrole nitrogens is 1. The molecular formula is C22H19N5O3. The van der Waals surface area contributed by atoms with Crippen LogP contribution in [0.15, 0.2) is 66.1 Å². The molecule has 0 saturated heterocycles. The average Bonchev–Trinajstić information content (AvgIpc) is 3.12. The van der Waals surface area contributed by atoms with Crippen molar-refractivity contribution >= 4 is 11.6 Å². The highest BCUT2D eigenvalue weighted by atomic mass is 16.5. The second kappa shape index (κ2) is 8.01. The van der Waals surface area contributed by atoms with Gasteiger partial charge in [-0.1, -0.05) is 36.4 Å². The molecule has 30 heavy (non-hydrogen) atoms. The molecule has 4 N–H and O–H groups in total. The number of fused-ring (bicyclic) bond motifs is 1. The molecule has 1 aliphatic heterocycles. The van der Waals surface area contributed by atoms with E-state index in [1.54, 1.807) is 24.3 Å². The number of aryl methyl sites for hydroxylation is 1. The van der Waals surface area contributed by atoms with Gasteiger partial charge in [-0.3, -0.25) is 9.89 Å². The molecule has 2 aromatic carbocycles. The maximum atomic E-state index is 12.3. The fourth-order valence-corrected chi connectivity index (χ4v) is 3.42. The lowest BCUT2D eigenvalue weighted by molar-refractivity contribution is -0.118. The van der Waals surface area contributed by atoms with E-state index >= 15 is 0 Å². The summed E-state index contributed by atoms with van der Waals surface area (Å²) in [7, 11) is 0. The number of aromatic amines is 1. The van der Waals surface area contributed by atoms with E-state index in [0.717, 1.165) is 5.69 Å². The number of amides is 1. The summed E-state index contributed by atoms with van der Waals surface area (Å²) in [5.41, 5.74) is 9.08. The first-order valence-electron chi connectivity index (χ1n) is 9.27. The van der Waals surface area contributed by atoms with Gasteiger partial charge in [0.25, 0.3) is 5.91 Å².